The summed E-state index contributed by atoms with van der Waals surface area (Å²) in [6.45, 7) is 4.50. The van der Waals surface area contributed by atoms with E-state index in [4.69, 9.17) is 18.9 Å². The van der Waals surface area contributed by atoms with Gasteiger partial charge in [-0.1, -0.05) is 6.07 Å². The normalized spacial score (nSPS) is 10.9. The van der Waals surface area contributed by atoms with E-state index in [-0.39, 0.29) is 0 Å². The molecule has 1 rings (SSSR count). The highest BCUT2D eigenvalue weighted by Crippen LogP contribution is 2.08. The second kappa shape index (κ2) is 11.6. The van der Waals surface area contributed by atoms with Crippen LogP contribution in [0.5, 0.6) is 0 Å². The van der Waals surface area contributed by atoms with Gasteiger partial charge in [0.1, 0.15) is 0 Å². The van der Waals surface area contributed by atoms with Crippen molar-refractivity contribution in [1.82, 2.24) is 0 Å². The summed E-state index contributed by atoms with van der Waals surface area (Å²) in [5.74, 6) is 0. The minimum absolute atomic E-state index is 0.609. The standard InChI is InChI=1S/C13H22O4S/c1-14-6-7-16-10-11-17-9-8-15-5-4-13-3-2-12-18-13/h2-3,12H,4-11H2,1H3. The second-order valence-corrected chi connectivity index (χ2v) is 4.69. The highest BCUT2D eigenvalue weighted by molar-refractivity contribution is 7.09. The molecule has 0 fully saturated rings. The molecule has 0 spiro atoms. The van der Waals surface area contributed by atoms with Gasteiger partial charge in [-0.3, -0.25) is 0 Å². The van der Waals surface area contributed by atoms with Gasteiger partial charge < -0.3 is 18.9 Å². The van der Waals surface area contributed by atoms with Gasteiger partial charge in [0.15, 0.2) is 0 Å². The zero-order valence-corrected chi connectivity index (χ0v) is 11.7. The van der Waals surface area contributed by atoms with Crippen LogP contribution in [-0.2, 0) is 25.4 Å². The SMILES string of the molecule is COCCOCCOCCOCCc1cccs1. The first kappa shape index (κ1) is 15.6. The smallest absolute Gasteiger partial charge is 0.0701 e. The summed E-state index contributed by atoms with van der Waals surface area (Å²) in [4.78, 5) is 1.36. The molecule has 0 atom stereocenters. The van der Waals surface area contributed by atoms with Crippen molar-refractivity contribution in [3.8, 4) is 0 Å². The van der Waals surface area contributed by atoms with E-state index in [9.17, 15) is 0 Å². The molecule has 0 saturated heterocycles. The van der Waals surface area contributed by atoms with Crippen LogP contribution in [0.4, 0.5) is 0 Å². The average molecular weight is 274 g/mol. The lowest BCUT2D eigenvalue weighted by atomic mass is 10.4. The Hall–Kier alpha value is -0.460. The molecule has 18 heavy (non-hydrogen) atoms. The zero-order chi connectivity index (χ0) is 12.9. The van der Waals surface area contributed by atoms with Crippen molar-refractivity contribution >= 4 is 11.3 Å². The lowest BCUT2D eigenvalue weighted by molar-refractivity contribution is 0.00412. The minimum atomic E-state index is 0.609. The first-order valence-corrected chi connectivity index (χ1v) is 7.06. The Labute approximate surface area is 113 Å². The van der Waals surface area contributed by atoms with Crippen LogP contribution in [0.15, 0.2) is 17.5 Å². The molecule has 0 bridgehead atoms. The van der Waals surface area contributed by atoms with E-state index >= 15 is 0 Å². The molecule has 0 saturated carbocycles. The fourth-order valence-electron chi connectivity index (χ4n) is 1.31. The summed E-state index contributed by atoms with van der Waals surface area (Å²) in [6.07, 6.45) is 0.984. The van der Waals surface area contributed by atoms with Crippen LogP contribution in [0.3, 0.4) is 0 Å². The van der Waals surface area contributed by atoms with Crippen LogP contribution in [-0.4, -0.2) is 53.4 Å². The molecule has 0 aliphatic heterocycles. The Morgan fingerprint density at radius 3 is 2.06 bits per heavy atom. The monoisotopic (exact) mass is 274 g/mol. The molecule has 0 N–H and O–H groups in total. The number of hydrogen-bond donors (Lipinski definition) is 0. The van der Waals surface area contributed by atoms with Crippen LogP contribution < -0.4 is 0 Å². The predicted octanol–water partition coefficient (Wildman–Crippen LogP) is 1.99. The zero-order valence-electron chi connectivity index (χ0n) is 10.9. The Kier molecular flexibility index (Phi) is 10.1. The molecule has 0 unspecified atom stereocenters. The van der Waals surface area contributed by atoms with Gasteiger partial charge in [-0.25, -0.2) is 0 Å². The highest BCUT2D eigenvalue weighted by atomic mass is 32.1. The maximum Gasteiger partial charge on any atom is 0.0701 e. The summed E-state index contributed by atoms with van der Waals surface area (Å²) >= 11 is 1.77. The maximum atomic E-state index is 5.47. The molecule has 0 aliphatic rings. The fourth-order valence-corrected chi connectivity index (χ4v) is 2.00. The molecule has 0 aromatic carbocycles. The van der Waals surface area contributed by atoms with Gasteiger partial charge in [-0.15, -0.1) is 11.3 Å². The van der Waals surface area contributed by atoms with Crippen molar-refractivity contribution in [2.45, 2.75) is 6.42 Å². The predicted molar refractivity (Wildman–Crippen MR) is 72.4 cm³/mol. The van der Waals surface area contributed by atoms with E-state index in [0.717, 1.165) is 13.0 Å². The van der Waals surface area contributed by atoms with Crippen LogP contribution >= 0.6 is 11.3 Å². The van der Waals surface area contributed by atoms with Gasteiger partial charge in [0.2, 0.25) is 0 Å². The lowest BCUT2D eigenvalue weighted by Crippen LogP contribution is -2.11. The third-order valence-electron chi connectivity index (χ3n) is 2.25. The van der Waals surface area contributed by atoms with Gasteiger partial charge in [0.25, 0.3) is 0 Å². The third-order valence-corrected chi connectivity index (χ3v) is 3.18. The van der Waals surface area contributed by atoms with Crippen LogP contribution in [0.1, 0.15) is 4.88 Å². The summed E-state index contributed by atoms with van der Waals surface area (Å²) in [6, 6.07) is 4.19. The molecule has 1 aromatic heterocycles. The van der Waals surface area contributed by atoms with Crippen molar-refractivity contribution in [3.05, 3.63) is 22.4 Å². The quantitative estimate of drug-likeness (QED) is 0.546. The number of methoxy groups -OCH3 is 1. The van der Waals surface area contributed by atoms with Crippen LogP contribution in [0.2, 0.25) is 0 Å². The van der Waals surface area contributed by atoms with E-state index in [0.29, 0.717) is 39.6 Å². The Balaban J connectivity index is 1.73. The topological polar surface area (TPSA) is 36.9 Å². The van der Waals surface area contributed by atoms with Gasteiger partial charge in [0.05, 0.1) is 46.2 Å². The maximum absolute atomic E-state index is 5.47. The molecule has 104 valence electrons. The number of rotatable bonds is 12. The van der Waals surface area contributed by atoms with Gasteiger partial charge >= 0.3 is 0 Å². The van der Waals surface area contributed by atoms with E-state index < -0.39 is 0 Å². The molecule has 0 aliphatic carbocycles. The first-order valence-electron chi connectivity index (χ1n) is 6.18. The highest BCUT2D eigenvalue weighted by Gasteiger charge is 1.94. The van der Waals surface area contributed by atoms with E-state index in [1.165, 1.54) is 4.88 Å². The van der Waals surface area contributed by atoms with Gasteiger partial charge in [0, 0.05) is 18.4 Å². The molecule has 0 radical (unpaired) electrons. The fraction of sp³-hybridized carbons (Fsp3) is 0.692. The Morgan fingerprint density at radius 2 is 1.50 bits per heavy atom. The van der Waals surface area contributed by atoms with Crippen molar-refractivity contribution < 1.29 is 18.9 Å². The number of thiophene rings is 1. The molecule has 1 heterocycles. The summed E-state index contributed by atoms with van der Waals surface area (Å²) in [5.41, 5.74) is 0. The molecule has 4 nitrogen and oxygen atoms in total. The van der Waals surface area contributed by atoms with Crippen molar-refractivity contribution in [2.24, 2.45) is 0 Å². The van der Waals surface area contributed by atoms with E-state index in [1.807, 2.05) is 0 Å². The van der Waals surface area contributed by atoms with E-state index in [1.54, 1.807) is 18.4 Å². The van der Waals surface area contributed by atoms with Crippen molar-refractivity contribution in [2.75, 3.05) is 53.4 Å². The summed E-state index contributed by atoms with van der Waals surface area (Å²) in [5, 5.41) is 2.09. The molecule has 0 amide bonds. The number of hydrogen-bond acceptors (Lipinski definition) is 5. The van der Waals surface area contributed by atoms with Crippen molar-refractivity contribution in [3.63, 3.8) is 0 Å². The molecular weight excluding hydrogens is 252 g/mol. The Morgan fingerprint density at radius 1 is 0.889 bits per heavy atom. The van der Waals surface area contributed by atoms with Crippen LogP contribution in [0.25, 0.3) is 0 Å². The molecule has 5 heteroatoms. The molecular formula is C13H22O4S. The average Bonchev–Trinajstić information content (AvgIpc) is 2.89. The summed E-state index contributed by atoms with van der Waals surface area (Å²) in [7, 11) is 1.66. The van der Waals surface area contributed by atoms with Crippen LogP contribution in [0, 0.1) is 0 Å². The largest absolute Gasteiger partial charge is 0.382 e. The lowest BCUT2D eigenvalue weighted by Gasteiger charge is -2.06. The van der Waals surface area contributed by atoms with E-state index in [2.05, 4.69) is 17.5 Å². The number of ether oxygens (including phenoxy) is 4. The first-order chi connectivity index (χ1) is 8.93. The van der Waals surface area contributed by atoms with Gasteiger partial charge in [-0.05, 0) is 11.4 Å². The minimum Gasteiger partial charge on any atom is -0.382 e. The van der Waals surface area contributed by atoms with Gasteiger partial charge in [-0.2, -0.15) is 0 Å². The Bertz CT molecular complexity index is 264. The molecule has 1 aromatic rings. The van der Waals surface area contributed by atoms with Crippen molar-refractivity contribution in [1.29, 1.82) is 0 Å². The third kappa shape index (κ3) is 8.60. The second-order valence-electron chi connectivity index (χ2n) is 3.66. The summed E-state index contributed by atoms with van der Waals surface area (Å²) < 4.78 is 21.0.